The minimum absolute atomic E-state index is 0.806. The summed E-state index contributed by atoms with van der Waals surface area (Å²) < 4.78 is 1.91. The molecule has 1 N–H and O–H groups in total. The number of nitrogens with one attached hydrogen (secondary N) is 1. The van der Waals surface area contributed by atoms with Gasteiger partial charge in [-0.15, -0.1) is 11.3 Å². The van der Waals surface area contributed by atoms with E-state index in [9.17, 15) is 0 Å². The fourth-order valence-electron chi connectivity index (χ4n) is 1.23. The molecule has 1 aromatic heterocycles. The fraction of sp³-hybridized carbons (Fsp3) is 0.0909. The van der Waals surface area contributed by atoms with Gasteiger partial charge in [-0.25, -0.2) is 0 Å². The monoisotopic (exact) mass is 301 g/mol. The van der Waals surface area contributed by atoms with Crippen molar-refractivity contribution in [2.45, 2.75) is 6.54 Å². The summed E-state index contributed by atoms with van der Waals surface area (Å²) in [6, 6.07) is 12.0. The number of halogens is 2. The molecule has 0 saturated heterocycles. The van der Waals surface area contributed by atoms with E-state index in [1.165, 1.54) is 4.88 Å². The molecule has 1 heterocycles. The Morgan fingerprint density at radius 2 is 2.00 bits per heavy atom. The third kappa shape index (κ3) is 2.97. The lowest BCUT2D eigenvalue weighted by atomic mass is 10.3. The van der Waals surface area contributed by atoms with Gasteiger partial charge >= 0.3 is 0 Å². The van der Waals surface area contributed by atoms with Crippen molar-refractivity contribution in [3.63, 3.8) is 0 Å². The zero-order valence-corrected chi connectivity index (χ0v) is 11.0. The molecule has 1 aromatic carbocycles. The zero-order valence-electron chi connectivity index (χ0n) is 7.84. The Hall–Kier alpha value is -0.510. The van der Waals surface area contributed by atoms with E-state index in [1.807, 2.05) is 36.4 Å². The van der Waals surface area contributed by atoms with Crippen LogP contribution in [-0.2, 0) is 6.54 Å². The molecule has 1 nitrogen and oxygen atoms in total. The number of rotatable bonds is 3. The minimum atomic E-state index is 0.806. The summed E-state index contributed by atoms with van der Waals surface area (Å²) in [5.41, 5.74) is 1.10. The topological polar surface area (TPSA) is 12.0 Å². The molecule has 0 amide bonds. The second kappa shape index (κ2) is 5.01. The number of hydrogen-bond donors (Lipinski definition) is 1. The summed E-state index contributed by atoms with van der Waals surface area (Å²) in [5.74, 6) is 0. The van der Waals surface area contributed by atoms with E-state index in [2.05, 4.69) is 21.2 Å². The molecule has 4 heteroatoms. The predicted octanol–water partition coefficient (Wildman–Crippen LogP) is 4.78. The van der Waals surface area contributed by atoms with Gasteiger partial charge in [-0.1, -0.05) is 23.7 Å². The largest absolute Gasteiger partial charge is 0.379 e. The van der Waals surface area contributed by atoms with Crippen molar-refractivity contribution in [3.8, 4) is 0 Å². The second-order valence-electron chi connectivity index (χ2n) is 3.04. The molecule has 0 unspecified atom stereocenters. The summed E-state index contributed by atoms with van der Waals surface area (Å²) in [6.45, 7) is 0.806. The van der Waals surface area contributed by atoms with Gasteiger partial charge in [0.1, 0.15) is 0 Å². The first-order valence-corrected chi connectivity index (χ1v) is 6.47. The van der Waals surface area contributed by atoms with Gasteiger partial charge < -0.3 is 5.32 Å². The van der Waals surface area contributed by atoms with Crippen LogP contribution in [0.25, 0.3) is 0 Å². The zero-order chi connectivity index (χ0) is 10.7. The Morgan fingerprint density at radius 3 is 2.67 bits per heavy atom. The van der Waals surface area contributed by atoms with E-state index in [0.717, 1.165) is 21.0 Å². The summed E-state index contributed by atoms with van der Waals surface area (Å²) in [6.07, 6.45) is 0. The number of para-hydroxylation sites is 1. The summed E-state index contributed by atoms with van der Waals surface area (Å²) in [7, 11) is 0. The lowest BCUT2D eigenvalue weighted by molar-refractivity contribution is 1.19. The first-order valence-electron chi connectivity index (χ1n) is 4.48. The highest BCUT2D eigenvalue weighted by molar-refractivity contribution is 9.10. The van der Waals surface area contributed by atoms with Crippen molar-refractivity contribution in [1.29, 1.82) is 0 Å². The van der Waals surface area contributed by atoms with Crippen LogP contribution in [0.15, 0.2) is 40.9 Å². The molecule has 0 radical (unpaired) electrons. The van der Waals surface area contributed by atoms with Crippen LogP contribution in [0.4, 0.5) is 5.69 Å². The molecule has 2 aromatic rings. The molecule has 0 spiro atoms. The molecular weight excluding hydrogens is 294 g/mol. The summed E-state index contributed by atoms with van der Waals surface area (Å²) in [5, 5.41) is 3.35. The average molecular weight is 303 g/mol. The Morgan fingerprint density at radius 1 is 1.20 bits per heavy atom. The molecular formula is C11H9BrClNS. The van der Waals surface area contributed by atoms with Crippen LogP contribution in [0, 0.1) is 0 Å². The van der Waals surface area contributed by atoms with Crippen molar-refractivity contribution in [3.05, 3.63) is 50.1 Å². The first kappa shape index (κ1) is 11.0. The Bertz CT molecular complexity index is 455. The van der Waals surface area contributed by atoms with Gasteiger partial charge in [-0.05, 0) is 40.2 Å². The van der Waals surface area contributed by atoms with Crippen LogP contribution < -0.4 is 5.32 Å². The van der Waals surface area contributed by atoms with E-state index in [0.29, 0.717) is 0 Å². The standard InChI is InChI=1S/C11H9BrClNS/c12-9-3-1-2-4-10(9)14-7-8-5-6-11(13)15-8/h1-6,14H,7H2. The minimum Gasteiger partial charge on any atom is -0.379 e. The molecule has 0 aliphatic rings. The predicted molar refractivity (Wildman–Crippen MR) is 70.8 cm³/mol. The van der Waals surface area contributed by atoms with Crippen molar-refractivity contribution < 1.29 is 0 Å². The van der Waals surface area contributed by atoms with E-state index < -0.39 is 0 Å². The lowest BCUT2D eigenvalue weighted by Crippen LogP contribution is -1.97. The van der Waals surface area contributed by atoms with Crippen molar-refractivity contribution in [1.82, 2.24) is 0 Å². The Labute approximate surface area is 106 Å². The molecule has 15 heavy (non-hydrogen) atoms. The van der Waals surface area contributed by atoms with Crippen LogP contribution in [0.3, 0.4) is 0 Å². The molecule has 0 atom stereocenters. The third-order valence-electron chi connectivity index (χ3n) is 1.96. The number of thiophene rings is 1. The highest BCUT2D eigenvalue weighted by Gasteiger charge is 2.00. The van der Waals surface area contributed by atoms with Crippen LogP contribution >= 0.6 is 38.9 Å². The number of benzene rings is 1. The lowest BCUT2D eigenvalue weighted by Gasteiger charge is -2.06. The molecule has 2 rings (SSSR count). The quantitative estimate of drug-likeness (QED) is 0.860. The van der Waals surface area contributed by atoms with E-state index in [1.54, 1.807) is 11.3 Å². The number of anilines is 1. The van der Waals surface area contributed by atoms with Gasteiger partial charge in [0.05, 0.1) is 4.34 Å². The highest BCUT2D eigenvalue weighted by atomic mass is 79.9. The van der Waals surface area contributed by atoms with Crippen molar-refractivity contribution in [2.24, 2.45) is 0 Å². The maximum atomic E-state index is 5.85. The van der Waals surface area contributed by atoms with Gasteiger partial charge in [0, 0.05) is 21.6 Å². The first-order chi connectivity index (χ1) is 7.25. The van der Waals surface area contributed by atoms with Gasteiger partial charge in [-0.2, -0.15) is 0 Å². The van der Waals surface area contributed by atoms with Gasteiger partial charge in [0.15, 0.2) is 0 Å². The van der Waals surface area contributed by atoms with Gasteiger partial charge in [0.25, 0.3) is 0 Å². The van der Waals surface area contributed by atoms with Crippen LogP contribution in [0.5, 0.6) is 0 Å². The summed E-state index contributed by atoms with van der Waals surface area (Å²) >= 11 is 10.9. The van der Waals surface area contributed by atoms with Crippen LogP contribution in [0.1, 0.15) is 4.88 Å². The Balaban J connectivity index is 2.02. The molecule has 0 aliphatic carbocycles. The molecule has 78 valence electrons. The van der Waals surface area contributed by atoms with Crippen LogP contribution in [-0.4, -0.2) is 0 Å². The maximum absolute atomic E-state index is 5.85. The molecule has 0 fully saturated rings. The van der Waals surface area contributed by atoms with E-state index in [-0.39, 0.29) is 0 Å². The number of hydrogen-bond acceptors (Lipinski definition) is 2. The SMILES string of the molecule is Clc1ccc(CNc2ccccc2Br)s1. The van der Waals surface area contributed by atoms with Crippen molar-refractivity contribution in [2.75, 3.05) is 5.32 Å². The maximum Gasteiger partial charge on any atom is 0.0931 e. The molecule has 0 bridgehead atoms. The van der Waals surface area contributed by atoms with Crippen molar-refractivity contribution >= 4 is 44.6 Å². The summed E-state index contributed by atoms with van der Waals surface area (Å²) in [4.78, 5) is 1.23. The molecule has 0 saturated carbocycles. The highest BCUT2D eigenvalue weighted by Crippen LogP contribution is 2.25. The van der Waals surface area contributed by atoms with Crippen LogP contribution in [0.2, 0.25) is 4.34 Å². The average Bonchev–Trinajstić information content (AvgIpc) is 2.63. The van der Waals surface area contributed by atoms with E-state index >= 15 is 0 Å². The normalized spacial score (nSPS) is 10.3. The smallest absolute Gasteiger partial charge is 0.0931 e. The second-order valence-corrected chi connectivity index (χ2v) is 5.69. The van der Waals surface area contributed by atoms with Gasteiger partial charge in [0.2, 0.25) is 0 Å². The molecule has 0 aliphatic heterocycles. The van der Waals surface area contributed by atoms with E-state index in [4.69, 9.17) is 11.6 Å². The van der Waals surface area contributed by atoms with Gasteiger partial charge in [-0.3, -0.25) is 0 Å². The Kier molecular flexibility index (Phi) is 3.67. The fourth-order valence-corrected chi connectivity index (χ4v) is 2.69. The third-order valence-corrected chi connectivity index (χ3v) is 3.88.